The van der Waals surface area contributed by atoms with Crippen molar-refractivity contribution in [1.29, 1.82) is 0 Å². The van der Waals surface area contributed by atoms with E-state index in [2.05, 4.69) is 144 Å². The van der Waals surface area contributed by atoms with Crippen LogP contribution in [0.5, 0.6) is 0 Å². The molecule has 0 aliphatic heterocycles. The minimum Gasteiger partial charge on any atom is -0.254 e. The first-order valence-electron chi connectivity index (χ1n) is 15.1. The van der Waals surface area contributed by atoms with Crippen LogP contribution in [0, 0.1) is 0 Å². The highest BCUT2D eigenvalue weighted by Gasteiger charge is 2.22. The van der Waals surface area contributed by atoms with Gasteiger partial charge in [0.05, 0.1) is 27.9 Å². The van der Waals surface area contributed by atoms with Crippen LogP contribution < -0.4 is 0 Å². The molecule has 6 aromatic carbocycles. The van der Waals surface area contributed by atoms with E-state index in [9.17, 15) is 0 Å². The van der Waals surface area contributed by atoms with E-state index < -0.39 is 0 Å². The lowest BCUT2D eigenvalue weighted by Crippen LogP contribution is -1.97. The smallest absolute Gasteiger partial charge is 0.101 e. The standard InChI is InChI=1S/C41H26N4/c1-3-12-27(13-4-1)38-37-35(26-30-14-7-8-18-32(30)41(37)45(44-38)31-16-5-2-6-17-31)33-19-9-10-20-34(33)36-24-23-29-22-21-28-15-11-25-42-39(28)40(29)43-36/h1-26H. The van der Waals surface area contributed by atoms with E-state index >= 15 is 0 Å². The predicted octanol–water partition coefficient (Wildman–Crippen LogP) is 10.3. The number of nitrogens with zero attached hydrogens (tertiary/aromatic N) is 4. The summed E-state index contributed by atoms with van der Waals surface area (Å²) in [6, 6.07) is 53.0. The zero-order chi connectivity index (χ0) is 29.7. The predicted molar refractivity (Wildman–Crippen MR) is 185 cm³/mol. The highest BCUT2D eigenvalue weighted by Crippen LogP contribution is 2.44. The van der Waals surface area contributed by atoms with E-state index in [0.29, 0.717) is 0 Å². The molecule has 3 aromatic heterocycles. The molecular formula is C41H26N4. The van der Waals surface area contributed by atoms with Crippen molar-refractivity contribution >= 4 is 43.5 Å². The topological polar surface area (TPSA) is 43.6 Å². The fourth-order valence-electron chi connectivity index (χ4n) is 6.57. The lowest BCUT2D eigenvalue weighted by atomic mass is 9.90. The normalized spacial score (nSPS) is 11.6. The molecule has 9 aromatic rings. The van der Waals surface area contributed by atoms with E-state index in [1.165, 1.54) is 0 Å². The van der Waals surface area contributed by atoms with Crippen LogP contribution in [0.15, 0.2) is 158 Å². The van der Waals surface area contributed by atoms with Gasteiger partial charge in [0.15, 0.2) is 0 Å². The van der Waals surface area contributed by atoms with Gasteiger partial charge in [0.1, 0.15) is 5.69 Å². The SMILES string of the molecule is c1ccc(-c2nn(-c3ccccc3)c3c2c(-c2ccccc2-c2ccc4ccc5cccnc5c4n2)cc2ccccc23)cc1. The van der Waals surface area contributed by atoms with E-state index in [-0.39, 0.29) is 0 Å². The minimum atomic E-state index is 0.908. The molecule has 0 saturated heterocycles. The van der Waals surface area contributed by atoms with Gasteiger partial charge in [-0.15, -0.1) is 0 Å². The summed E-state index contributed by atoms with van der Waals surface area (Å²) in [6.45, 7) is 0. The molecule has 45 heavy (non-hydrogen) atoms. The number of para-hydroxylation sites is 1. The molecule has 0 N–H and O–H groups in total. The number of fused-ring (bicyclic) bond motifs is 6. The van der Waals surface area contributed by atoms with E-state index in [1.54, 1.807) is 0 Å². The van der Waals surface area contributed by atoms with Crippen LogP contribution in [0.25, 0.3) is 82.8 Å². The maximum atomic E-state index is 5.34. The molecule has 0 bridgehead atoms. The third kappa shape index (κ3) is 4.11. The summed E-state index contributed by atoms with van der Waals surface area (Å²) in [6.07, 6.45) is 1.84. The first-order valence-corrected chi connectivity index (χ1v) is 15.1. The van der Waals surface area contributed by atoms with Crippen molar-refractivity contribution in [3.63, 3.8) is 0 Å². The number of hydrogen-bond acceptors (Lipinski definition) is 3. The van der Waals surface area contributed by atoms with Gasteiger partial charge < -0.3 is 0 Å². The maximum Gasteiger partial charge on any atom is 0.101 e. The van der Waals surface area contributed by atoms with Crippen molar-refractivity contribution in [3.05, 3.63) is 158 Å². The lowest BCUT2D eigenvalue weighted by molar-refractivity contribution is 0.918. The average Bonchev–Trinajstić information content (AvgIpc) is 3.53. The summed E-state index contributed by atoms with van der Waals surface area (Å²) in [5.74, 6) is 0. The van der Waals surface area contributed by atoms with E-state index in [1.807, 2.05) is 18.3 Å². The molecule has 4 heteroatoms. The Morgan fingerprint density at radius 3 is 2.00 bits per heavy atom. The molecule has 9 rings (SSSR count). The Hall–Kier alpha value is -6.13. The van der Waals surface area contributed by atoms with Gasteiger partial charge >= 0.3 is 0 Å². The van der Waals surface area contributed by atoms with Gasteiger partial charge in [0, 0.05) is 38.9 Å². The Morgan fingerprint density at radius 1 is 0.489 bits per heavy atom. The van der Waals surface area contributed by atoms with Gasteiger partial charge in [-0.05, 0) is 46.8 Å². The van der Waals surface area contributed by atoms with Crippen LogP contribution in [0.2, 0.25) is 0 Å². The second-order valence-electron chi connectivity index (χ2n) is 11.3. The van der Waals surface area contributed by atoms with Crippen LogP contribution in [0.4, 0.5) is 0 Å². The summed E-state index contributed by atoms with van der Waals surface area (Å²) in [4.78, 5) is 9.96. The van der Waals surface area contributed by atoms with Crippen LogP contribution in [-0.4, -0.2) is 19.7 Å². The summed E-state index contributed by atoms with van der Waals surface area (Å²) in [7, 11) is 0. The number of rotatable bonds is 4. The van der Waals surface area contributed by atoms with Gasteiger partial charge in [-0.2, -0.15) is 5.10 Å². The molecular weight excluding hydrogens is 548 g/mol. The number of pyridine rings is 2. The number of hydrogen-bond donors (Lipinski definition) is 0. The average molecular weight is 575 g/mol. The number of aromatic nitrogens is 4. The Bertz CT molecular complexity index is 2530. The summed E-state index contributed by atoms with van der Waals surface area (Å²) >= 11 is 0. The zero-order valence-corrected chi connectivity index (χ0v) is 24.3. The summed E-state index contributed by atoms with van der Waals surface area (Å²) in [5, 5.41) is 10.9. The highest BCUT2D eigenvalue weighted by molar-refractivity contribution is 6.18. The van der Waals surface area contributed by atoms with Gasteiger partial charge in [0.2, 0.25) is 0 Å². The van der Waals surface area contributed by atoms with E-state index in [4.69, 9.17) is 15.1 Å². The van der Waals surface area contributed by atoms with Crippen LogP contribution in [0.3, 0.4) is 0 Å². The monoisotopic (exact) mass is 574 g/mol. The van der Waals surface area contributed by atoms with Crippen LogP contribution in [-0.2, 0) is 0 Å². The Morgan fingerprint density at radius 2 is 1.16 bits per heavy atom. The highest BCUT2D eigenvalue weighted by atomic mass is 15.3. The fraction of sp³-hybridized carbons (Fsp3) is 0. The first kappa shape index (κ1) is 25.4. The largest absolute Gasteiger partial charge is 0.254 e. The van der Waals surface area contributed by atoms with Crippen LogP contribution >= 0.6 is 0 Å². The third-order valence-electron chi connectivity index (χ3n) is 8.64. The van der Waals surface area contributed by atoms with Gasteiger partial charge in [-0.25, -0.2) is 9.67 Å². The van der Waals surface area contributed by atoms with Gasteiger partial charge in [-0.3, -0.25) is 4.98 Å². The van der Waals surface area contributed by atoms with Crippen molar-refractivity contribution in [2.45, 2.75) is 0 Å². The van der Waals surface area contributed by atoms with Crippen molar-refractivity contribution in [3.8, 4) is 39.3 Å². The van der Waals surface area contributed by atoms with Crippen molar-refractivity contribution < 1.29 is 0 Å². The molecule has 0 aliphatic rings. The second-order valence-corrected chi connectivity index (χ2v) is 11.3. The quantitative estimate of drug-likeness (QED) is 0.196. The first-order chi connectivity index (χ1) is 22.3. The molecule has 0 amide bonds. The molecule has 210 valence electrons. The van der Waals surface area contributed by atoms with Crippen molar-refractivity contribution in [2.75, 3.05) is 0 Å². The summed E-state index contributed by atoms with van der Waals surface area (Å²) in [5.41, 5.74) is 10.2. The maximum absolute atomic E-state index is 5.34. The molecule has 0 radical (unpaired) electrons. The van der Waals surface area contributed by atoms with E-state index in [0.717, 1.165) is 82.8 Å². The molecule has 0 fully saturated rings. The molecule has 0 unspecified atom stereocenters. The van der Waals surface area contributed by atoms with Gasteiger partial charge in [0.25, 0.3) is 0 Å². The minimum absolute atomic E-state index is 0.908. The summed E-state index contributed by atoms with van der Waals surface area (Å²) < 4.78 is 2.11. The Kier molecular flexibility index (Phi) is 5.78. The fourth-order valence-corrected chi connectivity index (χ4v) is 6.57. The van der Waals surface area contributed by atoms with Crippen LogP contribution in [0.1, 0.15) is 0 Å². The molecule has 0 atom stereocenters. The second kappa shape index (κ2) is 10.2. The molecule has 0 saturated carbocycles. The molecule has 3 heterocycles. The Balaban J connectivity index is 1.39. The molecule has 0 spiro atoms. The van der Waals surface area contributed by atoms with Crippen molar-refractivity contribution in [2.24, 2.45) is 0 Å². The number of benzene rings is 6. The van der Waals surface area contributed by atoms with Gasteiger partial charge in [-0.1, -0.05) is 121 Å². The zero-order valence-electron chi connectivity index (χ0n) is 24.3. The lowest BCUT2D eigenvalue weighted by Gasteiger charge is -2.15. The Labute approximate surface area is 259 Å². The molecule has 0 aliphatic carbocycles. The third-order valence-corrected chi connectivity index (χ3v) is 8.64. The molecule has 4 nitrogen and oxygen atoms in total. The van der Waals surface area contributed by atoms with Crippen molar-refractivity contribution in [1.82, 2.24) is 19.7 Å².